The summed E-state index contributed by atoms with van der Waals surface area (Å²) >= 11 is 0. The number of nitrogens with two attached hydrogens (primary N) is 1. The van der Waals surface area contributed by atoms with Gasteiger partial charge in [-0.05, 0) is 20.8 Å². The van der Waals surface area contributed by atoms with Crippen molar-refractivity contribution in [1.82, 2.24) is 10.5 Å². The van der Waals surface area contributed by atoms with Crippen LogP contribution in [0.2, 0.25) is 0 Å². The lowest BCUT2D eigenvalue weighted by atomic mass is 10.0. The van der Waals surface area contributed by atoms with Crippen molar-refractivity contribution < 1.29 is 14.1 Å². The maximum atomic E-state index is 12.0. The number of carbonyl (C=O) groups excluding carboxylic acids is 2. The van der Waals surface area contributed by atoms with E-state index in [9.17, 15) is 9.59 Å². The molecule has 0 bridgehead atoms. The fourth-order valence-corrected chi connectivity index (χ4v) is 1.65. The van der Waals surface area contributed by atoms with Crippen LogP contribution in [0.5, 0.6) is 0 Å². The minimum atomic E-state index is -1.16. The van der Waals surface area contributed by atoms with Gasteiger partial charge in [0.1, 0.15) is 11.2 Å². The number of hydrogen-bond donors (Lipinski definition) is 2. The maximum Gasteiger partial charge on any atom is 0.290 e. The second kappa shape index (κ2) is 5.40. The number of aryl methyl sites for hydroxylation is 1. The van der Waals surface area contributed by atoms with E-state index in [0.29, 0.717) is 5.69 Å². The van der Waals surface area contributed by atoms with Crippen LogP contribution in [0.3, 0.4) is 0 Å². The lowest BCUT2D eigenvalue weighted by Gasteiger charge is -2.21. The van der Waals surface area contributed by atoms with E-state index in [-0.39, 0.29) is 5.76 Å². The molecule has 0 fully saturated rings. The van der Waals surface area contributed by atoms with Gasteiger partial charge in [0.25, 0.3) is 5.91 Å². The van der Waals surface area contributed by atoms with Gasteiger partial charge < -0.3 is 15.6 Å². The number of amides is 2. The Hall–Kier alpha value is -2.63. The van der Waals surface area contributed by atoms with Gasteiger partial charge in [0.2, 0.25) is 11.7 Å². The van der Waals surface area contributed by atoms with Crippen LogP contribution in [0.1, 0.15) is 30.0 Å². The van der Waals surface area contributed by atoms with Crippen LogP contribution in [-0.2, 0) is 4.79 Å². The van der Waals surface area contributed by atoms with Crippen molar-refractivity contribution in [2.45, 2.75) is 26.3 Å². The Labute approximate surface area is 122 Å². The van der Waals surface area contributed by atoms with Crippen molar-refractivity contribution >= 4 is 11.8 Å². The first-order chi connectivity index (χ1) is 9.79. The van der Waals surface area contributed by atoms with Gasteiger partial charge in [-0.25, -0.2) is 0 Å². The van der Waals surface area contributed by atoms with Gasteiger partial charge in [0.15, 0.2) is 0 Å². The Balaban J connectivity index is 2.18. The van der Waals surface area contributed by atoms with Gasteiger partial charge in [0.05, 0.1) is 0 Å². The zero-order valence-electron chi connectivity index (χ0n) is 12.1. The smallest absolute Gasteiger partial charge is 0.290 e. The number of aromatic nitrogens is 1. The number of hydrogen-bond acceptors (Lipinski definition) is 4. The molecule has 6 nitrogen and oxygen atoms in total. The molecule has 0 spiro atoms. The second-order valence-corrected chi connectivity index (χ2v) is 5.39. The molecular formula is C15H17N3O3. The summed E-state index contributed by atoms with van der Waals surface area (Å²) in [6.07, 6.45) is 0. The fraction of sp³-hybridized carbons (Fsp3) is 0.267. The summed E-state index contributed by atoms with van der Waals surface area (Å²) in [6.45, 7) is 5.02. The molecule has 2 rings (SSSR count). The van der Waals surface area contributed by atoms with Crippen LogP contribution in [0.25, 0.3) is 11.3 Å². The lowest BCUT2D eigenvalue weighted by molar-refractivity contribution is -0.122. The molecule has 2 amide bonds. The minimum absolute atomic E-state index is 0.0277. The van der Waals surface area contributed by atoms with Gasteiger partial charge in [-0.15, -0.1) is 0 Å². The number of primary amides is 1. The summed E-state index contributed by atoms with van der Waals surface area (Å²) in [4.78, 5) is 23.2. The number of nitrogens with one attached hydrogen (secondary N) is 1. The van der Waals surface area contributed by atoms with Crippen molar-refractivity contribution in [1.29, 1.82) is 0 Å². The topological polar surface area (TPSA) is 98.2 Å². The molecule has 21 heavy (non-hydrogen) atoms. The Kier molecular flexibility index (Phi) is 3.80. The molecule has 1 aromatic heterocycles. The highest BCUT2D eigenvalue weighted by Gasteiger charge is 2.28. The van der Waals surface area contributed by atoms with Crippen LogP contribution >= 0.6 is 0 Å². The summed E-state index contributed by atoms with van der Waals surface area (Å²) in [5.41, 5.74) is 6.57. The Morgan fingerprint density at radius 3 is 2.43 bits per heavy atom. The molecule has 0 radical (unpaired) electrons. The molecule has 0 aliphatic carbocycles. The van der Waals surface area contributed by atoms with E-state index in [4.69, 9.17) is 10.3 Å². The monoisotopic (exact) mass is 287 g/mol. The van der Waals surface area contributed by atoms with Crippen LogP contribution in [0.15, 0.2) is 34.9 Å². The van der Waals surface area contributed by atoms with Gasteiger partial charge >= 0.3 is 0 Å². The number of nitrogens with zero attached hydrogens (tertiary/aromatic N) is 1. The van der Waals surface area contributed by atoms with E-state index < -0.39 is 17.4 Å². The summed E-state index contributed by atoms with van der Waals surface area (Å²) < 4.78 is 5.02. The SMILES string of the molecule is Cc1ccc(-c2cc(C(=O)NC(C)(C)C(N)=O)on2)cc1. The molecule has 110 valence electrons. The third-order valence-corrected chi connectivity index (χ3v) is 3.12. The Morgan fingerprint density at radius 1 is 1.24 bits per heavy atom. The molecule has 1 heterocycles. The first-order valence-corrected chi connectivity index (χ1v) is 6.46. The standard InChI is InChI=1S/C15H17N3O3/c1-9-4-6-10(7-5-9)11-8-12(21-18-11)13(19)17-15(2,3)14(16)20/h4-8H,1-3H3,(H2,16,20)(H,17,19). The molecule has 3 N–H and O–H groups in total. The summed E-state index contributed by atoms with van der Waals surface area (Å²) in [6, 6.07) is 9.20. The average Bonchev–Trinajstić information content (AvgIpc) is 2.88. The predicted octanol–water partition coefficient (Wildman–Crippen LogP) is 1.64. The molecule has 0 aliphatic heterocycles. The molecule has 0 saturated heterocycles. The van der Waals surface area contributed by atoms with E-state index in [1.54, 1.807) is 0 Å². The molecule has 0 atom stereocenters. The van der Waals surface area contributed by atoms with E-state index in [2.05, 4.69) is 10.5 Å². The normalized spacial score (nSPS) is 11.2. The largest absolute Gasteiger partial charge is 0.368 e. The zero-order chi connectivity index (χ0) is 15.6. The zero-order valence-corrected chi connectivity index (χ0v) is 12.1. The van der Waals surface area contributed by atoms with Gasteiger partial charge in [-0.1, -0.05) is 35.0 Å². The average molecular weight is 287 g/mol. The Bertz CT molecular complexity index is 672. The van der Waals surface area contributed by atoms with Crippen molar-refractivity contribution in [3.8, 4) is 11.3 Å². The molecule has 0 aliphatic rings. The lowest BCUT2D eigenvalue weighted by Crippen LogP contribution is -2.52. The summed E-state index contributed by atoms with van der Waals surface area (Å²) in [5, 5.41) is 6.36. The van der Waals surface area contributed by atoms with E-state index in [1.807, 2.05) is 31.2 Å². The number of rotatable bonds is 4. The van der Waals surface area contributed by atoms with Crippen LogP contribution in [0, 0.1) is 6.92 Å². The highest BCUT2D eigenvalue weighted by molar-refractivity contribution is 5.97. The number of carbonyl (C=O) groups is 2. The molecule has 1 aromatic carbocycles. The fourth-order valence-electron chi connectivity index (χ4n) is 1.65. The third-order valence-electron chi connectivity index (χ3n) is 3.12. The van der Waals surface area contributed by atoms with Crippen LogP contribution in [-0.4, -0.2) is 22.5 Å². The molecule has 2 aromatic rings. The van der Waals surface area contributed by atoms with E-state index >= 15 is 0 Å². The van der Waals surface area contributed by atoms with Crippen molar-refractivity contribution in [2.24, 2.45) is 5.73 Å². The predicted molar refractivity (Wildman–Crippen MR) is 77.4 cm³/mol. The summed E-state index contributed by atoms with van der Waals surface area (Å²) in [5.74, 6) is -1.14. The highest BCUT2D eigenvalue weighted by atomic mass is 16.5. The van der Waals surface area contributed by atoms with Gasteiger partial charge in [-0.3, -0.25) is 9.59 Å². The highest BCUT2D eigenvalue weighted by Crippen LogP contribution is 2.19. The first-order valence-electron chi connectivity index (χ1n) is 6.46. The maximum absolute atomic E-state index is 12.0. The van der Waals surface area contributed by atoms with E-state index in [1.165, 1.54) is 19.9 Å². The quantitative estimate of drug-likeness (QED) is 0.893. The molecule has 0 saturated carbocycles. The van der Waals surface area contributed by atoms with Crippen molar-refractivity contribution in [3.05, 3.63) is 41.7 Å². The van der Waals surface area contributed by atoms with E-state index in [0.717, 1.165) is 11.1 Å². The third kappa shape index (κ3) is 3.28. The van der Waals surface area contributed by atoms with Gasteiger partial charge in [0, 0.05) is 11.6 Å². The number of benzene rings is 1. The second-order valence-electron chi connectivity index (χ2n) is 5.39. The first kappa shape index (κ1) is 14.8. The van der Waals surface area contributed by atoms with Gasteiger partial charge in [-0.2, -0.15) is 0 Å². The van der Waals surface area contributed by atoms with Crippen LogP contribution < -0.4 is 11.1 Å². The molecule has 0 unspecified atom stereocenters. The summed E-state index contributed by atoms with van der Waals surface area (Å²) in [7, 11) is 0. The van der Waals surface area contributed by atoms with Crippen molar-refractivity contribution in [2.75, 3.05) is 0 Å². The van der Waals surface area contributed by atoms with Crippen molar-refractivity contribution in [3.63, 3.8) is 0 Å². The Morgan fingerprint density at radius 2 is 1.86 bits per heavy atom. The van der Waals surface area contributed by atoms with Crippen LogP contribution in [0.4, 0.5) is 0 Å². The molecule has 6 heteroatoms. The molecular weight excluding hydrogens is 270 g/mol. The minimum Gasteiger partial charge on any atom is -0.368 e.